The molecule has 2 heterocycles. The van der Waals surface area contributed by atoms with E-state index >= 15 is 0 Å². The molecule has 3 rings (SSSR count). The number of thiophene rings is 1. The Kier molecular flexibility index (Phi) is 3.11. The first kappa shape index (κ1) is 12.6. The number of nitrogens with zero attached hydrogens (tertiary/aromatic N) is 2. The number of rotatable bonds is 3. The Morgan fingerprint density at radius 1 is 1.45 bits per heavy atom. The van der Waals surface area contributed by atoms with Crippen molar-refractivity contribution in [3.63, 3.8) is 0 Å². The smallest absolute Gasteiger partial charge is 0.263 e. The molecule has 20 heavy (non-hydrogen) atoms. The molecule has 6 nitrogen and oxygen atoms in total. The van der Waals surface area contributed by atoms with Crippen molar-refractivity contribution in [3.05, 3.63) is 40.9 Å². The monoisotopic (exact) mass is 288 g/mol. The van der Waals surface area contributed by atoms with Crippen LogP contribution in [0.2, 0.25) is 0 Å². The van der Waals surface area contributed by atoms with Gasteiger partial charge in [-0.1, -0.05) is 23.4 Å². The van der Waals surface area contributed by atoms with Crippen LogP contribution >= 0.6 is 11.3 Å². The topological polar surface area (TPSA) is 94.0 Å². The van der Waals surface area contributed by atoms with E-state index < -0.39 is 0 Å². The molecule has 0 saturated carbocycles. The standard InChI is InChI=1S/C13H12N4O2S/c1-7-16-10(17-19-7)6-15-13(18)12-11(14)8-4-2-3-5-9(8)20-12/h2-5H,6,14H2,1H3,(H,15,18). The van der Waals surface area contributed by atoms with Crippen LogP contribution in [0.25, 0.3) is 10.1 Å². The number of carbonyl (C=O) groups is 1. The van der Waals surface area contributed by atoms with Gasteiger partial charge in [0.25, 0.3) is 5.91 Å². The summed E-state index contributed by atoms with van der Waals surface area (Å²) >= 11 is 1.37. The van der Waals surface area contributed by atoms with Gasteiger partial charge in [-0.2, -0.15) is 4.98 Å². The third-order valence-electron chi connectivity index (χ3n) is 2.82. The summed E-state index contributed by atoms with van der Waals surface area (Å²) in [5, 5.41) is 7.36. The van der Waals surface area contributed by atoms with Crippen LogP contribution in [0.1, 0.15) is 21.4 Å². The van der Waals surface area contributed by atoms with Gasteiger partial charge < -0.3 is 15.6 Å². The minimum absolute atomic E-state index is 0.212. The zero-order chi connectivity index (χ0) is 14.1. The van der Waals surface area contributed by atoms with E-state index in [1.54, 1.807) is 6.92 Å². The van der Waals surface area contributed by atoms with Crippen molar-refractivity contribution >= 4 is 33.0 Å². The number of nitrogen functional groups attached to an aromatic ring is 1. The molecule has 0 aliphatic rings. The van der Waals surface area contributed by atoms with E-state index in [4.69, 9.17) is 10.3 Å². The molecular weight excluding hydrogens is 276 g/mol. The van der Waals surface area contributed by atoms with E-state index in [9.17, 15) is 4.79 Å². The number of anilines is 1. The van der Waals surface area contributed by atoms with E-state index in [0.717, 1.165) is 10.1 Å². The fourth-order valence-electron chi connectivity index (χ4n) is 1.89. The molecule has 0 aliphatic heterocycles. The van der Waals surface area contributed by atoms with Crippen molar-refractivity contribution in [1.82, 2.24) is 15.5 Å². The van der Waals surface area contributed by atoms with Gasteiger partial charge in [0.1, 0.15) is 4.88 Å². The average Bonchev–Trinajstić information content (AvgIpc) is 3.01. The van der Waals surface area contributed by atoms with Gasteiger partial charge in [-0.15, -0.1) is 11.3 Å². The Hall–Kier alpha value is -2.41. The number of nitrogens with two attached hydrogens (primary N) is 1. The normalized spacial score (nSPS) is 10.8. The van der Waals surface area contributed by atoms with E-state index in [1.165, 1.54) is 11.3 Å². The molecule has 0 saturated heterocycles. The summed E-state index contributed by atoms with van der Waals surface area (Å²) in [6.07, 6.45) is 0. The summed E-state index contributed by atoms with van der Waals surface area (Å²) in [6, 6.07) is 7.66. The van der Waals surface area contributed by atoms with E-state index in [-0.39, 0.29) is 12.5 Å². The molecule has 1 amide bonds. The molecule has 0 bridgehead atoms. The SMILES string of the molecule is Cc1nc(CNC(=O)c2sc3ccccc3c2N)no1. The highest BCUT2D eigenvalue weighted by Gasteiger charge is 2.16. The Balaban J connectivity index is 1.80. The summed E-state index contributed by atoms with van der Waals surface area (Å²) in [7, 11) is 0. The fraction of sp³-hybridized carbons (Fsp3) is 0.154. The number of aromatic nitrogens is 2. The van der Waals surface area contributed by atoms with E-state index in [0.29, 0.717) is 22.3 Å². The van der Waals surface area contributed by atoms with Crippen molar-refractivity contribution < 1.29 is 9.32 Å². The van der Waals surface area contributed by atoms with Crippen molar-refractivity contribution in [2.75, 3.05) is 5.73 Å². The van der Waals surface area contributed by atoms with Crippen LogP contribution in [0.3, 0.4) is 0 Å². The van der Waals surface area contributed by atoms with Gasteiger partial charge >= 0.3 is 0 Å². The maximum absolute atomic E-state index is 12.1. The molecule has 7 heteroatoms. The number of carbonyl (C=O) groups excluding carboxylic acids is 1. The molecule has 0 spiro atoms. The molecule has 2 aromatic heterocycles. The molecular formula is C13H12N4O2S. The van der Waals surface area contributed by atoms with Crippen molar-refractivity contribution in [2.24, 2.45) is 0 Å². The third kappa shape index (κ3) is 2.23. The molecule has 0 atom stereocenters. The average molecular weight is 288 g/mol. The minimum atomic E-state index is -0.230. The van der Waals surface area contributed by atoms with Gasteiger partial charge in [-0.05, 0) is 6.07 Å². The van der Waals surface area contributed by atoms with Crippen molar-refractivity contribution in [2.45, 2.75) is 13.5 Å². The maximum Gasteiger partial charge on any atom is 0.263 e. The van der Waals surface area contributed by atoms with Crippen LogP contribution in [0, 0.1) is 6.92 Å². The van der Waals surface area contributed by atoms with Crippen LogP contribution in [-0.2, 0) is 6.54 Å². The summed E-state index contributed by atoms with van der Waals surface area (Å²) in [6.45, 7) is 1.91. The van der Waals surface area contributed by atoms with Crippen LogP contribution in [0.4, 0.5) is 5.69 Å². The lowest BCUT2D eigenvalue weighted by Crippen LogP contribution is -2.23. The van der Waals surface area contributed by atoms with Gasteiger partial charge in [-0.3, -0.25) is 4.79 Å². The molecule has 102 valence electrons. The van der Waals surface area contributed by atoms with Crippen LogP contribution in [0.5, 0.6) is 0 Å². The second-order valence-electron chi connectivity index (χ2n) is 4.25. The number of benzene rings is 1. The highest BCUT2D eigenvalue weighted by atomic mass is 32.1. The number of aryl methyl sites for hydroxylation is 1. The van der Waals surface area contributed by atoms with Gasteiger partial charge in [-0.25, -0.2) is 0 Å². The molecule has 3 aromatic rings. The zero-order valence-electron chi connectivity index (χ0n) is 10.7. The third-order valence-corrected chi connectivity index (χ3v) is 4.00. The number of hydrogen-bond donors (Lipinski definition) is 2. The van der Waals surface area contributed by atoms with Gasteiger partial charge in [0.15, 0.2) is 5.82 Å². The minimum Gasteiger partial charge on any atom is -0.397 e. The highest BCUT2D eigenvalue weighted by molar-refractivity contribution is 7.21. The predicted molar refractivity (Wildman–Crippen MR) is 76.4 cm³/mol. The van der Waals surface area contributed by atoms with Gasteiger partial charge in [0.05, 0.1) is 12.2 Å². The zero-order valence-corrected chi connectivity index (χ0v) is 11.5. The molecule has 0 unspecified atom stereocenters. The Morgan fingerprint density at radius 2 is 2.25 bits per heavy atom. The lowest BCUT2D eigenvalue weighted by Gasteiger charge is -2.00. The quantitative estimate of drug-likeness (QED) is 0.769. The van der Waals surface area contributed by atoms with E-state index in [2.05, 4.69) is 15.5 Å². The van der Waals surface area contributed by atoms with Gasteiger partial charge in [0, 0.05) is 17.0 Å². The Morgan fingerprint density at radius 3 is 2.95 bits per heavy atom. The summed E-state index contributed by atoms with van der Waals surface area (Å²) in [5.41, 5.74) is 6.52. The number of amides is 1. The fourth-order valence-corrected chi connectivity index (χ4v) is 2.93. The highest BCUT2D eigenvalue weighted by Crippen LogP contribution is 2.33. The Labute approximate surface area is 118 Å². The Bertz CT molecular complexity index is 778. The first-order chi connectivity index (χ1) is 9.65. The second-order valence-corrected chi connectivity index (χ2v) is 5.31. The summed E-state index contributed by atoms with van der Waals surface area (Å²) < 4.78 is 5.83. The molecule has 1 aromatic carbocycles. The van der Waals surface area contributed by atoms with Crippen LogP contribution < -0.4 is 11.1 Å². The second kappa shape index (κ2) is 4.93. The lowest BCUT2D eigenvalue weighted by molar-refractivity contribution is 0.0954. The first-order valence-electron chi connectivity index (χ1n) is 5.99. The number of hydrogen-bond acceptors (Lipinski definition) is 6. The molecule has 0 aliphatic carbocycles. The van der Waals surface area contributed by atoms with Gasteiger partial charge in [0.2, 0.25) is 5.89 Å². The number of nitrogens with one attached hydrogen (secondary N) is 1. The molecule has 0 fully saturated rings. The van der Waals surface area contributed by atoms with Crippen LogP contribution in [0.15, 0.2) is 28.8 Å². The summed E-state index contributed by atoms with van der Waals surface area (Å²) in [5.74, 6) is 0.678. The molecule has 3 N–H and O–H groups in total. The number of fused-ring (bicyclic) bond motifs is 1. The first-order valence-corrected chi connectivity index (χ1v) is 6.81. The molecule has 0 radical (unpaired) electrons. The predicted octanol–water partition coefficient (Wildman–Crippen LogP) is 2.10. The van der Waals surface area contributed by atoms with Crippen LogP contribution in [-0.4, -0.2) is 16.0 Å². The maximum atomic E-state index is 12.1. The lowest BCUT2D eigenvalue weighted by atomic mass is 10.2. The van der Waals surface area contributed by atoms with E-state index in [1.807, 2.05) is 24.3 Å². The largest absolute Gasteiger partial charge is 0.397 e. The van der Waals surface area contributed by atoms with Crippen molar-refractivity contribution in [3.8, 4) is 0 Å². The summed E-state index contributed by atoms with van der Waals surface area (Å²) in [4.78, 5) is 16.7. The van der Waals surface area contributed by atoms with Crippen molar-refractivity contribution in [1.29, 1.82) is 0 Å².